The molecule has 19 heavy (non-hydrogen) atoms. The summed E-state index contributed by atoms with van der Waals surface area (Å²) < 4.78 is 27.1. The van der Waals surface area contributed by atoms with E-state index in [9.17, 15) is 13.6 Å². The largest absolute Gasteiger partial charge is 0.371 e. The second-order valence-electron chi connectivity index (χ2n) is 4.56. The zero-order valence-corrected chi connectivity index (χ0v) is 10.6. The number of piperidine rings is 1. The molecule has 1 aliphatic rings. The zero-order valence-electron chi connectivity index (χ0n) is 10.6. The van der Waals surface area contributed by atoms with E-state index in [-0.39, 0.29) is 17.6 Å². The summed E-state index contributed by atoms with van der Waals surface area (Å²) in [5, 5.41) is 2.56. The third-order valence-corrected chi connectivity index (χ3v) is 3.27. The SMILES string of the molecule is CNc1nc(N2CCCC(C(N)=O)C2)c(F)cc1F. The van der Waals surface area contributed by atoms with E-state index < -0.39 is 17.5 Å². The van der Waals surface area contributed by atoms with Gasteiger partial charge in [-0.1, -0.05) is 0 Å². The van der Waals surface area contributed by atoms with Crippen molar-refractivity contribution in [3.8, 4) is 0 Å². The molecule has 0 saturated carbocycles. The number of hydrogen-bond donors (Lipinski definition) is 2. The number of nitrogens with zero attached hydrogens (tertiary/aromatic N) is 2. The molecule has 0 aromatic carbocycles. The average molecular weight is 270 g/mol. The Morgan fingerprint density at radius 1 is 1.53 bits per heavy atom. The highest BCUT2D eigenvalue weighted by atomic mass is 19.1. The van der Waals surface area contributed by atoms with E-state index in [2.05, 4.69) is 10.3 Å². The average Bonchev–Trinajstić information content (AvgIpc) is 2.39. The van der Waals surface area contributed by atoms with Crippen LogP contribution < -0.4 is 16.0 Å². The van der Waals surface area contributed by atoms with Crippen molar-refractivity contribution in [3.05, 3.63) is 17.7 Å². The molecule has 0 spiro atoms. The number of aromatic nitrogens is 1. The maximum Gasteiger partial charge on any atom is 0.222 e. The smallest absolute Gasteiger partial charge is 0.222 e. The van der Waals surface area contributed by atoms with Gasteiger partial charge in [0.2, 0.25) is 5.91 Å². The molecule has 0 aliphatic carbocycles. The maximum absolute atomic E-state index is 13.8. The number of carbonyl (C=O) groups is 1. The molecule has 1 unspecified atom stereocenters. The van der Waals surface area contributed by atoms with Crippen LogP contribution in [0.1, 0.15) is 12.8 Å². The van der Waals surface area contributed by atoms with Gasteiger partial charge in [0.05, 0.1) is 5.92 Å². The normalized spacial score (nSPS) is 19.3. The van der Waals surface area contributed by atoms with Gasteiger partial charge in [-0.2, -0.15) is 0 Å². The summed E-state index contributed by atoms with van der Waals surface area (Å²) in [4.78, 5) is 16.8. The van der Waals surface area contributed by atoms with Crippen molar-refractivity contribution in [2.45, 2.75) is 12.8 Å². The zero-order chi connectivity index (χ0) is 14.0. The molecule has 0 radical (unpaired) electrons. The Morgan fingerprint density at radius 3 is 2.89 bits per heavy atom. The molecule has 1 saturated heterocycles. The van der Waals surface area contributed by atoms with Gasteiger partial charge in [0, 0.05) is 26.2 Å². The molecular formula is C12H16F2N4O. The first-order valence-corrected chi connectivity index (χ1v) is 6.11. The van der Waals surface area contributed by atoms with E-state index in [0.29, 0.717) is 19.5 Å². The molecule has 2 heterocycles. The van der Waals surface area contributed by atoms with Crippen molar-refractivity contribution in [2.24, 2.45) is 11.7 Å². The van der Waals surface area contributed by atoms with Gasteiger partial charge in [0.1, 0.15) is 0 Å². The highest BCUT2D eigenvalue weighted by Crippen LogP contribution is 2.26. The van der Waals surface area contributed by atoms with E-state index in [1.807, 2.05) is 0 Å². The summed E-state index contributed by atoms with van der Waals surface area (Å²) in [7, 11) is 1.51. The van der Waals surface area contributed by atoms with Gasteiger partial charge in [-0.3, -0.25) is 4.79 Å². The highest BCUT2D eigenvalue weighted by Gasteiger charge is 2.27. The summed E-state index contributed by atoms with van der Waals surface area (Å²) in [5.74, 6) is -2.16. The summed E-state index contributed by atoms with van der Waals surface area (Å²) in [6.07, 6.45) is 1.41. The second-order valence-corrected chi connectivity index (χ2v) is 4.56. The van der Waals surface area contributed by atoms with Crippen LogP contribution in [0.4, 0.5) is 20.4 Å². The topological polar surface area (TPSA) is 71.2 Å². The van der Waals surface area contributed by atoms with E-state index in [0.717, 1.165) is 12.5 Å². The monoisotopic (exact) mass is 270 g/mol. The number of pyridine rings is 1. The van der Waals surface area contributed by atoms with Crippen molar-refractivity contribution >= 4 is 17.5 Å². The molecule has 1 amide bonds. The highest BCUT2D eigenvalue weighted by molar-refractivity contribution is 5.77. The Hall–Kier alpha value is -1.92. The van der Waals surface area contributed by atoms with Crippen LogP contribution in [0.5, 0.6) is 0 Å². The van der Waals surface area contributed by atoms with Crippen molar-refractivity contribution in [3.63, 3.8) is 0 Å². The maximum atomic E-state index is 13.8. The third-order valence-electron chi connectivity index (χ3n) is 3.27. The van der Waals surface area contributed by atoms with Crippen LogP contribution in [0.15, 0.2) is 6.07 Å². The number of rotatable bonds is 3. The van der Waals surface area contributed by atoms with Gasteiger partial charge >= 0.3 is 0 Å². The molecular weight excluding hydrogens is 254 g/mol. The Kier molecular flexibility index (Phi) is 3.82. The summed E-state index contributed by atoms with van der Waals surface area (Å²) in [6, 6.07) is 0.794. The standard InChI is InChI=1S/C12H16F2N4O/c1-16-11-8(13)5-9(14)12(17-11)18-4-2-3-7(6-18)10(15)19/h5,7H,2-4,6H2,1H3,(H2,15,19)(H,16,17). The predicted octanol–water partition coefficient (Wildman–Crippen LogP) is 1.10. The quantitative estimate of drug-likeness (QED) is 0.863. The minimum Gasteiger partial charge on any atom is -0.371 e. The lowest BCUT2D eigenvalue weighted by atomic mass is 9.97. The Labute approximate surface area is 109 Å². The molecule has 2 rings (SSSR count). The summed E-state index contributed by atoms with van der Waals surface area (Å²) >= 11 is 0. The minimum absolute atomic E-state index is 0.0161. The van der Waals surface area contributed by atoms with Crippen LogP contribution >= 0.6 is 0 Å². The Bertz CT molecular complexity index is 495. The number of nitrogens with two attached hydrogens (primary N) is 1. The number of halogens is 2. The van der Waals surface area contributed by atoms with Crippen LogP contribution in [0.25, 0.3) is 0 Å². The van der Waals surface area contributed by atoms with Crippen molar-refractivity contribution < 1.29 is 13.6 Å². The van der Waals surface area contributed by atoms with Crippen LogP contribution in [0, 0.1) is 17.6 Å². The number of nitrogens with one attached hydrogen (secondary N) is 1. The number of amides is 1. The van der Waals surface area contributed by atoms with Gasteiger partial charge in [-0.15, -0.1) is 0 Å². The molecule has 7 heteroatoms. The molecule has 1 atom stereocenters. The van der Waals surface area contributed by atoms with Gasteiger partial charge in [-0.25, -0.2) is 13.8 Å². The Balaban J connectivity index is 2.28. The summed E-state index contributed by atoms with van der Waals surface area (Å²) in [5.41, 5.74) is 5.27. The number of anilines is 2. The van der Waals surface area contributed by atoms with E-state index in [4.69, 9.17) is 5.73 Å². The van der Waals surface area contributed by atoms with Gasteiger partial charge in [0.15, 0.2) is 23.3 Å². The fourth-order valence-electron chi connectivity index (χ4n) is 2.26. The summed E-state index contributed by atoms with van der Waals surface area (Å²) in [6.45, 7) is 0.885. The molecule has 5 nitrogen and oxygen atoms in total. The van der Waals surface area contributed by atoms with Crippen LogP contribution in [0.2, 0.25) is 0 Å². The molecule has 0 bridgehead atoms. The molecule has 1 aliphatic heterocycles. The van der Waals surface area contributed by atoms with Crippen molar-refractivity contribution in [1.82, 2.24) is 4.98 Å². The van der Waals surface area contributed by atoms with Crippen molar-refractivity contribution in [1.29, 1.82) is 0 Å². The van der Waals surface area contributed by atoms with Crippen LogP contribution in [-0.4, -0.2) is 31.0 Å². The number of carbonyl (C=O) groups excluding carboxylic acids is 1. The fraction of sp³-hybridized carbons (Fsp3) is 0.500. The molecule has 3 N–H and O–H groups in total. The lowest BCUT2D eigenvalue weighted by Gasteiger charge is -2.32. The van der Waals surface area contributed by atoms with Crippen molar-refractivity contribution in [2.75, 3.05) is 30.4 Å². The lowest BCUT2D eigenvalue weighted by Crippen LogP contribution is -2.42. The molecule has 1 aromatic heterocycles. The molecule has 1 fully saturated rings. The van der Waals surface area contributed by atoms with Crippen LogP contribution in [0.3, 0.4) is 0 Å². The first-order valence-electron chi connectivity index (χ1n) is 6.11. The Morgan fingerprint density at radius 2 is 2.26 bits per heavy atom. The fourth-order valence-corrected chi connectivity index (χ4v) is 2.26. The van der Waals surface area contributed by atoms with E-state index in [1.165, 1.54) is 7.05 Å². The number of primary amides is 1. The van der Waals surface area contributed by atoms with Gasteiger partial charge in [0.25, 0.3) is 0 Å². The van der Waals surface area contributed by atoms with E-state index in [1.54, 1.807) is 4.90 Å². The van der Waals surface area contributed by atoms with E-state index >= 15 is 0 Å². The number of hydrogen-bond acceptors (Lipinski definition) is 4. The van der Waals surface area contributed by atoms with Gasteiger partial charge in [-0.05, 0) is 12.8 Å². The molecule has 104 valence electrons. The minimum atomic E-state index is -0.743. The first kappa shape index (κ1) is 13.5. The lowest BCUT2D eigenvalue weighted by molar-refractivity contribution is -0.122. The third kappa shape index (κ3) is 2.74. The molecule has 1 aromatic rings. The van der Waals surface area contributed by atoms with Crippen LogP contribution in [-0.2, 0) is 4.79 Å². The first-order chi connectivity index (χ1) is 9.02. The second kappa shape index (κ2) is 5.38. The van der Waals surface area contributed by atoms with Gasteiger partial charge < -0.3 is 16.0 Å². The predicted molar refractivity (Wildman–Crippen MR) is 67.8 cm³/mol.